The van der Waals surface area contributed by atoms with Crippen LogP contribution in [-0.4, -0.2) is 30.3 Å². The molecule has 1 rings (SSSR count). The van der Waals surface area contributed by atoms with Crippen LogP contribution in [-0.2, 0) is 4.79 Å². The average molecular weight is 169 g/mol. The second kappa shape index (κ2) is 3.56. The maximum Gasteiger partial charge on any atom is 0.152 e. The number of ketones is 1. The third-order valence-corrected chi connectivity index (χ3v) is 3.13. The van der Waals surface area contributed by atoms with E-state index in [-0.39, 0.29) is 5.54 Å². The van der Waals surface area contributed by atoms with Crippen LogP contribution < -0.4 is 0 Å². The van der Waals surface area contributed by atoms with E-state index in [1.807, 2.05) is 21.0 Å². The van der Waals surface area contributed by atoms with Gasteiger partial charge in [0.1, 0.15) is 0 Å². The summed E-state index contributed by atoms with van der Waals surface area (Å²) in [6.07, 6.45) is 5.23. The number of rotatable bonds is 3. The predicted molar refractivity (Wildman–Crippen MR) is 50.2 cm³/mol. The third-order valence-electron chi connectivity index (χ3n) is 3.13. The van der Waals surface area contributed by atoms with Gasteiger partial charge in [-0.2, -0.15) is 0 Å². The van der Waals surface area contributed by atoms with Gasteiger partial charge in [0.15, 0.2) is 5.78 Å². The molecular formula is C10H19NO. The molecule has 12 heavy (non-hydrogen) atoms. The Labute approximate surface area is 74.9 Å². The van der Waals surface area contributed by atoms with E-state index in [1.165, 1.54) is 12.8 Å². The van der Waals surface area contributed by atoms with Gasteiger partial charge in [-0.05, 0) is 26.9 Å². The lowest BCUT2D eigenvalue weighted by atomic mass is 9.89. The second-order valence-corrected chi connectivity index (χ2v) is 3.91. The molecule has 0 radical (unpaired) electrons. The van der Waals surface area contributed by atoms with Crippen LogP contribution in [0.5, 0.6) is 0 Å². The monoisotopic (exact) mass is 169 g/mol. The number of nitrogens with zero attached hydrogens (tertiary/aromatic N) is 1. The molecule has 2 heteroatoms. The normalized spacial score (nSPS) is 21.7. The fourth-order valence-electron chi connectivity index (χ4n) is 2.26. The Kier molecular flexibility index (Phi) is 2.89. The summed E-state index contributed by atoms with van der Waals surface area (Å²) in [7, 11) is 4.05. The van der Waals surface area contributed by atoms with Gasteiger partial charge < -0.3 is 0 Å². The van der Waals surface area contributed by atoms with E-state index in [2.05, 4.69) is 4.90 Å². The minimum atomic E-state index is -0.102. The molecule has 1 fully saturated rings. The number of likely N-dealkylation sites (N-methyl/N-ethyl adjacent to an activating group) is 1. The highest BCUT2D eigenvalue weighted by Gasteiger charge is 2.41. The number of carbonyl (C=O) groups excluding carboxylic acids is 1. The molecule has 0 amide bonds. The molecule has 0 atom stereocenters. The van der Waals surface area contributed by atoms with Gasteiger partial charge in [-0.3, -0.25) is 9.69 Å². The lowest BCUT2D eigenvalue weighted by Gasteiger charge is -2.34. The summed E-state index contributed by atoms with van der Waals surface area (Å²) in [6, 6.07) is 0. The van der Waals surface area contributed by atoms with Gasteiger partial charge in [0.2, 0.25) is 0 Å². The highest BCUT2D eigenvalue weighted by atomic mass is 16.1. The van der Waals surface area contributed by atoms with E-state index in [9.17, 15) is 4.79 Å². The predicted octanol–water partition coefficient (Wildman–Crippen LogP) is 1.84. The van der Waals surface area contributed by atoms with E-state index in [0.717, 1.165) is 12.8 Å². The zero-order valence-electron chi connectivity index (χ0n) is 8.39. The van der Waals surface area contributed by atoms with Crippen LogP contribution >= 0.6 is 0 Å². The Balaban J connectivity index is 2.78. The van der Waals surface area contributed by atoms with Gasteiger partial charge in [-0.1, -0.05) is 19.8 Å². The minimum absolute atomic E-state index is 0.102. The summed E-state index contributed by atoms with van der Waals surface area (Å²) in [6.45, 7) is 1.96. The van der Waals surface area contributed by atoms with Crippen LogP contribution in [0.15, 0.2) is 0 Å². The Morgan fingerprint density at radius 3 is 2.17 bits per heavy atom. The minimum Gasteiger partial charge on any atom is -0.298 e. The molecule has 0 unspecified atom stereocenters. The summed E-state index contributed by atoms with van der Waals surface area (Å²) in [5.74, 6) is 0.421. The van der Waals surface area contributed by atoms with E-state index in [0.29, 0.717) is 12.2 Å². The molecule has 0 saturated heterocycles. The summed E-state index contributed by atoms with van der Waals surface area (Å²) >= 11 is 0. The molecule has 2 nitrogen and oxygen atoms in total. The zero-order valence-corrected chi connectivity index (χ0v) is 8.39. The average Bonchev–Trinajstić information content (AvgIpc) is 2.52. The smallest absolute Gasteiger partial charge is 0.152 e. The molecule has 1 aliphatic rings. The van der Waals surface area contributed by atoms with Gasteiger partial charge in [-0.15, -0.1) is 0 Å². The van der Waals surface area contributed by atoms with E-state index < -0.39 is 0 Å². The van der Waals surface area contributed by atoms with Crippen molar-refractivity contribution in [3.05, 3.63) is 0 Å². The Morgan fingerprint density at radius 2 is 1.83 bits per heavy atom. The Hall–Kier alpha value is -0.370. The van der Waals surface area contributed by atoms with Crippen LogP contribution in [0.3, 0.4) is 0 Å². The third kappa shape index (κ3) is 1.40. The van der Waals surface area contributed by atoms with E-state index in [4.69, 9.17) is 0 Å². The molecule has 0 bridgehead atoms. The van der Waals surface area contributed by atoms with Crippen molar-refractivity contribution in [3.8, 4) is 0 Å². The highest BCUT2D eigenvalue weighted by molar-refractivity contribution is 5.88. The first-order valence-electron chi connectivity index (χ1n) is 4.84. The second-order valence-electron chi connectivity index (χ2n) is 3.91. The molecule has 1 saturated carbocycles. The van der Waals surface area contributed by atoms with Crippen LogP contribution in [0.25, 0.3) is 0 Å². The summed E-state index contributed by atoms with van der Waals surface area (Å²) in [4.78, 5) is 13.9. The first-order valence-corrected chi connectivity index (χ1v) is 4.84. The van der Waals surface area contributed by atoms with Gasteiger partial charge in [-0.25, -0.2) is 0 Å². The quantitative estimate of drug-likeness (QED) is 0.642. The van der Waals surface area contributed by atoms with Crippen molar-refractivity contribution < 1.29 is 4.79 Å². The number of carbonyl (C=O) groups is 1. The van der Waals surface area contributed by atoms with Crippen molar-refractivity contribution in [1.82, 2.24) is 4.90 Å². The maximum absolute atomic E-state index is 11.7. The van der Waals surface area contributed by atoms with E-state index in [1.54, 1.807) is 0 Å². The maximum atomic E-state index is 11.7. The van der Waals surface area contributed by atoms with Crippen LogP contribution in [0.1, 0.15) is 39.0 Å². The largest absolute Gasteiger partial charge is 0.298 e. The van der Waals surface area contributed by atoms with Crippen molar-refractivity contribution in [3.63, 3.8) is 0 Å². The number of hydrogen-bond donors (Lipinski definition) is 0. The summed E-state index contributed by atoms with van der Waals surface area (Å²) < 4.78 is 0. The molecule has 0 aliphatic heterocycles. The number of Topliss-reactive ketones (excluding diaryl/α,β-unsaturated/α-hetero) is 1. The van der Waals surface area contributed by atoms with Crippen molar-refractivity contribution >= 4 is 5.78 Å². The highest BCUT2D eigenvalue weighted by Crippen LogP contribution is 2.35. The van der Waals surface area contributed by atoms with Crippen molar-refractivity contribution in [2.75, 3.05) is 14.1 Å². The molecular weight excluding hydrogens is 150 g/mol. The van der Waals surface area contributed by atoms with Gasteiger partial charge >= 0.3 is 0 Å². The zero-order chi connectivity index (χ0) is 9.19. The molecule has 0 spiro atoms. The molecule has 0 aromatic rings. The van der Waals surface area contributed by atoms with Crippen LogP contribution in [0.2, 0.25) is 0 Å². The molecule has 70 valence electrons. The Bertz CT molecular complexity index is 169. The van der Waals surface area contributed by atoms with Gasteiger partial charge in [0.05, 0.1) is 5.54 Å². The fourth-order valence-corrected chi connectivity index (χ4v) is 2.26. The summed E-state index contributed by atoms with van der Waals surface area (Å²) in [5, 5.41) is 0. The molecule has 0 heterocycles. The van der Waals surface area contributed by atoms with Gasteiger partial charge in [0, 0.05) is 6.42 Å². The SMILES string of the molecule is CCC(=O)C1(N(C)C)CCCC1. The van der Waals surface area contributed by atoms with Crippen molar-refractivity contribution in [2.45, 2.75) is 44.6 Å². The van der Waals surface area contributed by atoms with Crippen molar-refractivity contribution in [1.29, 1.82) is 0 Å². The lowest BCUT2D eigenvalue weighted by Crippen LogP contribution is -2.48. The van der Waals surface area contributed by atoms with E-state index >= 15 is 0 Å². The molecule has 0 aromatic carbocycles. The standard InChI is InChI=1S/C10H19NO/c1-4-9(12)10(11(2)3)7-5-6-8-10/h4-8H2,1-3H3. The molecule has 0 N–H and O–H groups in total. The van der Waals surface area contributed by atoms with Gasteiger partial charge in [0.25, 0.3) is 0 Å². The fraction of sp³-hybridized carbons (Fsp3) is 0.900. The van der Waals surface area contributed by atoms with Crippen LogP contribution in [0, 0.1) is 0 Å². The molecule has 0 aromatic heterocycles. The van der Waals surface area contributed by atoms with Crippen molar-refractivity contribution in [2.24, 2.45) is 0 Å². The van der Waals surface area contributed by atoms with Crippen LogP contribution in [0.4, 0.5) is 0 Å². The number of hydrogen-bond acceptors (Lipinski definition) is 2. The first-order chi connectivity index (χ1) is 5.63. The first kappa shape index (κ1) is 9.72. The lowest BCUT2D eigenvalue weighted by molar-refractivity contribution is -0.129. The Morgan fingerprint density at radius 1 is 1.33 bits per heavy atom. The topological polar surface area (TPSA) is 20.3 Å². The molecule has 1 aliphatic carbocycles. The summed E-state index contributed by atoms with van der Waals surface area (Å²) in [5.41, 5.74) is -0.102.